The highest BCUT2D eigenvalue weighted by atomic mass is 32.1. The molecule has 116 valence electrons. The number of hydrogen-bond donors (Lipinski definition) is 1. The fourth-order valence-corrected chi connectivity index (χ4v) is 3.35. The number of nitrogens with zero attached hydrogens (tertiary/aromatic N) is 4. The van der Waals surface area contributed by atoms with E-state index in [0.717, 1.165) is 42.5 Å². The number of hydrogen-bond acceptors (Lipinski definition) is 6. The number of anilines is 2. The Kier molecular flexibility index (Phi) is 4.33. The summed E-state index contributed by atoms with van der Waals surface area (Å²) in [5, 5.41) is 3.65. The summed E-state index contributed by atoms with van der Waals surface area (Å²) in [5.74, 6) is 0.847. The minimum Gasteiger partial charge on any atom is -0.341 e. The van der Waals surface area contributed by atoms with E-state index in [1.165, 1.54) is 11.3 Å². The summed E-state index contributed by atoms with van der Waals surface area (Å²) in [6.07, 6.45) is 5.11. The van der Waals surface area contributed by atoms with Crippen molar-refractivity contribution < 1.29 is 4.79 Å². The number of aryl methyl sites for hydroxylation is 2. The first kappa shape index (κ1) is 14.9. The molecule has 2 aromatic rings. The first-order valence-corrected chi connectivity index (χ1v) is 8.22. The largest absolute Gasteiger partial charge is 0.341 e. The average Bonchev–Trinajstić information content (AvgIpc) is 2.86. The Labute approximate surface area is 133 Å². The lowest BCUT2D eigenvalue weighted by molar-refractivity contribution is -0.120. The van der Waals surface area contributed by atoms with Gasteiger partial charge >= 0.3 is 0 Å². The molecular weight excluding hydrogens is 298 g/mol. The zero-order valence-corrected chi connectivity index (χ0v) is 13.6. The third-order valence-corrected chi connectivity index (χ3v) is 4.95. The van der Waals surface area contributed by atoms with E-state index in [0.29, 0.717) is 5.13 Å². The second-order valence-electron chi connectivity index (χ2n) is 5.46. The number of aromatic nitrogens is 3. The molecule has 1 fully saturated rings. The van der Waals surface area contributed by atoms with Crippen LogP contribution in [0.5, 0.6) is 0 Å². The summed E-state index contributed by atoms with van der Waals surface area (Å²) >= 11 is 1.53. The van der Waals surface area contributed by atoms with Crippen LogP contribution in [-0.4, -0.2) is 33.9 Å². The van der Waals surface area contributed by atoms with Gasteiger partial charge in [0.2, 0.25) is 11.9 Å². The zero-order chi connectivity index (χ0) is 15.5. The van der Waals surface area contributed by atoms with Crippen LogP contribution in [0.4, 0.5) is 11.1 Å². The van der Waals surface area contributed by atoms with E-state index < -0.39 is 0 Å². The molecule has 0 spiro atoms. The fraction of sp³-hybridized carbons (Fsp3) is 0.467. The van der Waals surface area contributed by atoms with Gasteiger partial charge < -0.3 is 10.2 Å². The average molecular weight is 317 g/mol. The fourth-order valence-electron chi connectivity index (χ4n) is 2.53. The van der Waals surface area contributed by atoms with Crippen LogP contribution >= 0.6 is 11.3 Å². The number of amides is 1. The molecule has 0 bridgehead atoms. The first-order valence-electron chi connectivity index (χ1n) is 7.40. The highest BCUT2D eigenvalue weighted by Gasteiger charge is 2.26. The van der Waals surface area contributed by atoms with Crippen molar-refractivity contribution in [1.82, 2.24) is 15.0 Å². The molecule has 0 saturated carbocycles. The molecule has 2 aromatic heterocycles. The Balaban J connectivity index is 1.56. The van der Waals surface area contributed by atoms with E-state index in [4.69, 9.17) is 0 Å². The van der Waals surface area contributed by atoms with Gasteiger partial charge in [-0.15, -0.1) is 11.3 Å². The maximum Gasteiger partial charge on any atom is 0.229 e. The van der Waals surface area contributed by atoms with Crippen molar-refractivity contribution >= 4 is 28.3 Å². The van der Waals surface area contributed by atoms with E-state index >= 15 is 0 Å². The van der Waals surface area contributed by atoms with Gasteiger partial charge in [-0.1, -0.05) is 0 Å². The van der Waals surface area contributed by atoms with Crippen LogP contribution in [0.2, 0.25) is 0 Å². The van der Waals surface area contributed by atoms with Gasteiger partial charge in [0, 0.05) is 36.3 Å². The van der Waals surface area contributed by atoms with Crippen molar-refractivity contribution in [2.45, 2.75) is 26.7 Å². The summed E-state index contributed by atoms with van der Waals surface area (Å²) in [6.45, 7) is 5.58. The Bertz CT molecular complexity index is 630. The molecule has 1 amide bonds. The highest BCUT2D eigenvalue weighted by molar-refractivity contribution is 7.15. The number of rotatable bonds is 3. The molecule has 1 aliphatic heterocycles. The van der Waals surface area contributed by atoms with Crippen molar-refractivity contribution in [3.63, 3.8) is 0 Å². The van der Waals surface area contributed by atoms with Crippen molar-refractivity contribution in [2.75, 3.05) is 23.3 Å². The van der Waals surface area contributed by atoms with Crippen LogP contribution in [-0.2, 0) is 4.79 Å². The van der Waals surface area contributed by atoms with Gasteiger partial charge in [-0.25, -0.2) is 15.0 Å². The molecule has 1 aliphatic rings. The Hall–Kier alpha value is -2.02. The molecule has 1 N–H and O–H groups in total. The molecule has 7 heteroatoms. The maximum atomic E-state index is 12.3. The van der Waals surface area contributed by atoms with E-state index in [1.54, 1.807) is 12.4 Å². The lowest BCUT2D eigenvalue weighted by Gasteiger charge is -2.30. The second kappa shape index (κ2) is 6.39. The van der Waals surface area contributed by atoms with Gasteiger partial charge in [-0.2, -0.15) is 0 Å². The maximum absolute atomic E-state index is 12.3. The van der Waals surface area contributed by atoms with E-state index in [-0.39, 0.29) is 11.8 Å². The standard InChI is InChI=1S/C15H19N5OS/c1-10-11(2)22-15(18-10)19-13(21)12-4-8-20(9-5-12)14-16-6-3-7-17-14/h3,6-7,12H,4-5,8-9H2,1-2H3,(H,18,19,21). The molecule has 6 nitrogen and oxygen atoms in total. The number of carbonyl (C=O) groups is 1. The molecule has 3 rings (SSSR count). The number of piperidine rings is 1. The number of nitrogens with one attached hydrogen (secondary N) is 1. The van der Waals surface area contributed by atoms with Gasteiger partial charge in [-0.3, -0.25) is 4.79 Å². The summed E-state index contributed by atoms with van der Waals surface area (Å²) < 4.78 is 0. The van der Waals surface area contributed by atoms with Crippen molar-refractivity contribution in [2.24, 2.45) is 5.92 Å². The number of thiazole rings is 1. The van der Waals surface area contributed by atoms with Crippen LogP contribution in [0, 0.1) is 19.8 Å². The Morgan fingerprint density at radius 3 is 2.55 bits per heavy atom. The van der Waals surface area contributed by atoms with Crippen LogP contribution < -0.4 is 10.2 Å². The van der Waals surface area contributed by atoms with E-state index in [1.807, 2.05) is 19.9 Å². The summed E-state index contributed by atoms with van der Waals surface area (Å²) in [6, 6.07) is 1.81. The minimum atomic E-state index is 0.0319. The van der Waals surface area contributed by atoms with Crippen LogP contribution in [0.1, 0.15) is 23.4 Å². The highest BCUT2D eigenvalue weighted by Crippen LogP contribution is 2.25. The summed E-state index contributed by atoms with van der Waals surface area (Å²) in [4.78, 5) is 28.5. The van der Waals surface area contributed by atoms with Crippen LogP contribution in [0.3, 0.4) is 0 Å². The molecule has 0 radical (unpaired) electrons. The SMILES string of the molecule is Cc1nc(NC(=O)C2CCN(c3ncccn3)CC2)sc1C. The third kappa shape index (κ3) is 3.24. The van der Waals surface area contributed by atoms with Crippen molar-refractivity contribution in [1.29, 1.82) is 0 Å². The second-order valence-corrected chi connectivity index (χ2v) is 6.66. The molecule has 0 atom stereocenters. The Morgan fingerprint density at radius 2 is 1.95 bits per heavy atom. The molecule has 0 unspecified atom stereocenters. The summed E-state index contributed by atoms with van der Waals surface area (Å²) in [7, 11) is 0. The molecule has 0 aromatic carbocycles. The van der Waals surface area contributed by atoms with Crippen molar-refractivity contribution in [3.8, 4) is 0 Å². The predicted molar refractivity (Wildman–Crippen MR) is 87.2 cm³/mol. The molecular formula is C15H19N5OS. The minimum absolute atomic E-state index is 0.0319. The molecule has 1 saturated heterocycles. The normalized spacial score (nSPS) is 15.8. The van der Waals surface area contributed by atoms with E-state index in [9.17, 15) is 4.79 Å². The third-order valence-electron chi connectivity index (χ3n) is 3.96. The lowest BCUT2D eigenvalue weighted by Crippen LogP contribution is -2.39. The van der Waals surface area contributed by atoms with E-state index in [2.05, 4.69) is 25.2 Å². The number of carbonyl (C=O) groups excluding carboxylic acids is 1. The van der Waals surface area contributed by atoms with Gasteiger partial charge in [-0.05, 0) is 32.8 Å². The Morgan fingerprint density at radius 1 is 1.27 bits per heavy atom. The quantitative estimate of drug-likeness (QED) is 0.941. The monoisotopic (exact) mass is 317 g/mol. The zero-order valence-electron chi connectivity index (χ0n) is 12.7. The molecule has 22 heavy (non-hydrogen) atoms. The topological polar surface area (TPSA) is 71.0 Å². The van der Waals surface area contributed by atoms with Gasteiger partial charge in [0.15, 0.2) is 5.13 Å². The predicted octanol–water partition coefficient (Wildman–Crippen LogP) is 2.41. The smallest absolute Gasteiger partial charge is 0.229 e. The lowest BCUT2D eigenvalue weighted by atomic mass is 9.96. The first-order chi connectivity index (χ1) is 10.6. The molecule has 3 heterocycles. The van der Waals surface area contributed by atoms with Crippen LogP contribution in [0.15, 0.2) is 18.5 Å². The van der Waals surface area contributed by atoms with Gasteiger partial charge in [0.25, 0.3) is 0 Å². The van der Waals surface area contributed by atoms with Gasteiger partial charge in [0.1, 0.15) is 0 Å². The van der Waals surface area contributed by atoms with Crippen molar-refractivity contribution in [3.05, 3.63) is 29.0 Å². The summed E-state index contributed by atoms with van der Waals surface area (Å²) in [5.41, 5.74) is 0.983. The molecule has 0 aliphatic carbocycles. The van der Waals surface area contributed by atoms with Gasteiger partial charge in [0.05, 0.1) is 5.69 Å². The van der Waals surface area contributed by atoms with Crippen LogP contribution in [0.25, 0.3) is 0 Å².